The monoisotopic (exact) mass is 444 g/mol. The average Bonchev–Trinajstić information content (AvgIpc) is 2.83. The lowest BCUT2D eigenvalue weighted by Gasteiger charge is -2.22. The lowest BCUT2D eigenvalue weighted by Crippen LogP contribution is -2.25. The van der Waals surface area contributed by atoms with Crippen molar-refractivity contribution >= 4 is 54.9 Å². The van der Waals surface area contributed by atoms with Crippen LogP contribution in [0.3, 0.4) is 0 Å². The number of aromatic nitrogens is 2. The van der Waals surface area contributed by atoms with Crippen LogP contribution >= 0.6 is 27.3 Å². The smallest absolute Gasteiger partial charge is 0.257 e. The average molecular weight is 445 g/mol. The molecule has 1 saturated heterocycles. The van der Waals surface area contributed by atoms with Crippen molar-refractivity contribution in [1.29, 1.82) is 0 Å². The van der Waals surface area contributed by atoms with E-state index in [1.165, 1.54) is 12.8 Å². The minimum Gasteiger partial charge on any atom is -0.356 e. The van der Waals surface area contributed by atoms with E-state index in [0.29, 0.717) is 5.56 Å². The highest BCUT2D eigenvalue weighted by atomic mass is 79.9. The number of carbonyl (C=O) groups excluding carboxylic acids is 1. The zero-order valence-corrected chi connectivity index (χ0v) is 17.6. The predicted molar refractivity (Wildman–Crippen MR) is 115 cm³/mol. The van der Waals surface area contributed by atoms with E-state index in [1.54, 1.807) is 17.7 Å². The number of hydrogen-bond acceptors (Lipinski definition) is 5. The Morgan fingerprint density at radius 1 is 1.11 bits per heavy atom. The first-order chi connectivity index (χ1) is 13.1. The Kier molecular flexibility index (Phi) is 5.41. The van der Waals surface area contributed by atoms with Crippen molar-refractivity contribution in [2.75, 3.05) is 23.3 Å². The SMILES string of the molecule is Cc1sc2ncnc(N3CCCCCC3)c2c1C(=O)Nc1ccc(Br)cc1. The van der Waals surface area contributed by atoms with Gasteiger partial charge in [-0.15, -0.1) is 11.3 Å². The van der Waals surface area contributed by atoms with Crippen LogP contribution in [0.5, 0.6) is 0 Å². The number of hydrogen-bond donors (Lipinski definition) is 1. The van der Waals surface area contributed by atoms with Gasteiger partial charge in [0.15, 0.2) is 0 Å². The third-order valence-electron chi connectivity index (χ3n) is 4.88. The van der Waals surface area contributed by atoms with Crippen LogP contribution in [-0.2, 0) is 0 Å². The molecule has 3 aromatic rings. The summed E-state index contributed by atoms with van der Waals surface area (Å²) < 4.78 is 0.981. The summed E-state index contributed by atoms with van der Waals surface area (Å²) in [5, 5.41) is 3.91. The lowest BCUT2D eigenvalue weighted by atomic mass is 10.1. The van der Waals surface area contributed by atoms with Crippen LogP contribution < -0.4 is 10.2 Å². The van der Waals surface area contributed by atoms with Crippen LogP contribution in [0.1, 0.15) is 40.9 Å². The Labute approximate surface area is 171 Å². The molecule has 0 bridgehead atoms. The number of thiophene rings is 1. The molecule has 0 aliphatic carbocycles. The maximum absolute atomic E-state index is 13.1. The zero-order valence-electron chi connectivity index (χ0n) is 15.2. The molecule has 0 radical (unpaired) electrons. The van der Waals surface area contributed by atoms with E-state index in [-0.39, 0.29) is 5.91 Å². The van der Waals surface area contributed by atoms with E-state index in [1.807, 2.05) is 31.2 Å². The molecule has 2 aromatic heterocycles. The second-order valence-corrected chi connectivity index (χ2v) is 8.89. The van der Waals surface area contributed by atoms with Crippen molar-refractivity contribution in [3.05, 3.63) is 45.5 Å². The molecule has 140 valence electrons. The summed E-state index contributed by atoms with van der Waals surface area (Å²) in [5.74, 6) is 0.791. The van der Waals surface area contributed by atoms with Gasteiger partial charge in [-0.05, 0) is 44.0 Å². The Morgan fingerprint density at radius 3 is 2.52 bits per heavy atom. The first-order valence-electron chi connectivity index (χ1n) is 9.19. The van der Waals surface area contributed by atoms with Gasteiger partial charge < -0.3 is 10.2 Å². The van der Waals surface area contributed by atoms with Crippen LogP contribution in [0.25, 0.3) is 10.2 Å². The fourth-order valence-electron chi connectivity index (χ4n) is 3.55. The van der Waals surface area contributed by atoms with Crippen molar-refractivity contribution in [3.8, 4) is 0 Å². The fraction of sp³-hybridized carbons (Fsp3) is 0.350. The van der Waals surface area contributed by atoms with E-state index >= 15 is 0 Å². The number of halogens is 1. The Morgan fingerprint density at radius 2 is 1.81 bits per heavy atom. The van der Waals surface area contributed by atoms with Crippen molar-refractivity contribution in [2.24, 2.45) is 0 Å². The molecule has 1 amide bonds. The molecule has 0 saturated carbocycles. The molecule has 1 aromatic carbocycles. The number of fused-ring (bicyclic) bond motifs is 1. The van der Waals surface area contributed by atoms with Gasteiger partial charge in [-0.2, -0.15) is 0 Å². The minimum absolute atomic E-state index is 0.105. The molecule has 1 fully saturated rings. The standard InChI is InChI=1S/C20H21BrN4OS/c1-13-16(19(26)24-15-8-6-14(21)7-9-15)17-18(22-12-23-20(17)27-13)25-10-4-2-3-5-11-25/h6-9,12H,2-5,10-11H2,1H3,(H,24,26). The van der Waals surface area contributed by atoms with Gasteiger partial charge in [0, 0.05) is 28.1 Å². The van der Waals surface area contributed by atoms with Gasteiger partial charge in [0.1, 0.15) is 17.0 Å². The normalized spacial score (nSPS) is 15.0. The van der Waals surface area contributed by atoms with Crippen LogP contribution in [-0.4, -0.2) is 29.0 Å². The molecule has 27 heavy (non-hydrogen) atoms. The molecule has 1 aliphatic heterocycles. The Hall–Kier alpha value is -1.99. The van der Waals surface area contributed by atoms with Crippen LogP contribution in [0.15, 0.2) is 35.1 Å². The zero-order chi connectivity index (χ0) is 18.8. The number of benzene rings is 1. The van der Waals surface area contributed by atoms with Gasteiger partial charge in [0.05, 0.1) is 10.9 Å². The number of nitrogens with one attached hydrogen (secondary N) is 1. The highest BCUT2D eigenvalue weighted by molar-refractivity contribution is 9.10. The van der Waals surface area contributed by atoms with Crippen molar-refractivity contribution in [2.45, 2.75) is 32.6 Å². The molecule has 3 heterocycles. The van der Waals surface area contributed by atoms with Gasteiger partial charge in [-0.1, -0.05) is 28.8 Å². The van der Waals surface area contributed by atoms with Crippen molar-refractivity contribution < 1.29 is 4.79 Å². The summed E-state index contributed by atoms with van der Waals surface area (Å²) in [6.07, 6.45) is 6.45. The first-order valence-corrected chi connectivity index (χ1v) is 10.8. The van der Waals surface area contributed by atoms with Gasteiger partial charge in [-0.3, -0.25) is 4.79 Å². The molecule has 1 N–H and O–H groups in total. The van der Waals surface area contributed by atoms with E-state index in [0.717, 1.165) is 57.0 Å². The second kappa shape index (κ2) is 7.94. The topological polar surface area (TPSA) is 58.1 Å². The van der Waals surface area contributed by atoms with Gasteiger partial charge in [-0.25, -0.2) is 9.97 Å². The Balaban J connectivity index is 1.74. The molecule has 4 rings (SSSR count). The number of carbonyl (C=O) groups is 1. The molecule has 1 aliphatic rings. The first kappa shape index (κ1) is 18.4. The van der Waals surface area contributed by atoms with Gasteiger partial charge in [0.2, 0.25) is 0 Å². The van der Waals surface area contributed by atoms with Crippen molar-refractivity contribution in [3.63, 3.8) is 0 Å². The second-order valence-electron chi connectivity index (χ2n) is 6.77. The number of nitrogens with zero attached hydrogens (tertiary/aromatic N) is 3. The molecule has 7 heteroatoms. The largest absolute Gasteiger partial charge is 0.356 e. The van der Waals surface area contributed by atoms with E-state index in [9.17, 15) is 4.79 Å². The molecular weight excluding hydrogens is 424 g/mol. The molecule has 0 spiro atoms. The summed E-state index contributed by atoms with van der Waals surface area (Å²) >= 11 is 4.98. The lowest BCUT2D eigenvalue weighted by molar-refractivity contribution is 0.102. The number of amides is 1. The highest BCUT2D eigenvalue weighted by Gasteiger charge is 2.24. The van der Waals surface area contributed by atoms with Crippen LogP contribution in [0, 0.1) is 6.92 Å². The predicted octanol–water partition coefficient (Wildman–Crippen LogP) is 5.39. The van der Waals surface area contributed by atoms with Gasteiger partial charge in [0.25, 0.3) is 5.91 Å². The Bertz CT molecular complexity index is 962. The number of anilines is 2. The fourth-order valence-corrected chi connectivity index (χ4v) is 4.80. The van der Waals surface area contributed by atoms with Crippen LogP contribution in [0.4, 0.5) is 11.5 Å². The molecular formula is C20H21BrN4OS. The highest BCUT2D eigenvalue weighted by Crippen LogP contribution is 2.36. The quantitative estimate of drug-likeness (QED) is 0.587. The minimum atomic E-state index is -0.105. The molecule has 5 nitrogen and oxygen atoms in total. The van der Waals surface area contributed by atoms with E-state index < -0.39 is 0 Å². The molecule has 0 unspecified atom stereocenters. The number of rotatable bonds is 3. The van der Waals surface area contributed by atoms with Gasteiger partial charge >= 0.3 is 0 Å². The summed E-state index contributed by atoms with van der Waals surface area (Å²) in [7, 11) is 0. The number of aryl methyl sites for hydroxylation is 1. The third kappa shape index (κ3) is 3.84. The van der Waals surface area contributed by atoms with E-state index in [2.05, 4.69) is 36.1 Å². The van der Waals surface area contributed by atoms with E-state index in [4.69, 9.17) is 0 Å². The third-order valence-corrected chi connectivity index (χ3v) is 6.42. The maximum atomic E-state index is 13.1. The summed E-state index contributed by atoms with van der Waals surface area (Å²) in [6, 6.07) is 7.61. The summed E-state index contributed by atoms with van der Waals surface area (Å²) in [4.78, 5) is 26.3. The van der Waals surface area contributed by atoms with Crippen LogP contribution in [0.2, 0.25) is 0 Å². The summed E-state index contributed by atoms with van der Waals surface area (Å²) in [6.45, 7) is 3.94. The molecule has 0 atom stereocenters. The maximum Gasteiger partial charge on any atom is 0.257 e. The summed E-state index contributed by atoms with van der Waals surface area (Å²) in [5.41, 5.74) is 1.47. The van der Waals surface area contributed by atoms with Crippen molar-refractivity contribution in [1.82, 2.24) is 9.97 Å².